The summed E-state index contributed by atoms with van der Waals surface area (Å²) in [6.07, 6.45) is 0. The van der Waals surface area contributed by atoms with Gasteiger partial charge in [0.15, 0.2) is 0 Å². The van der Waals surface area contributed by atoms with E-state index in [1.54, 1.807) is 0 Å². The Balaban J connectivity index is 1.56. The molecule has 3 aromatic rings. The molecule has 0 atom stereocenters. The molecule has 1 aromatic heterocycles. The number of H-pyrrole nitrogens is 1. The van der Waals surface area contributed by atoms with E-state index >= 15 is 0 Å². The van der Waals surface area contributed by atoms with Gasteiger partial charge in [-0.1, -0.05) is 24.3 Å². The van der Waals surface area contributed by atoms with Crippen LogP contribution >= 0.6 is 0 Å². The largest absolute Gasteiger partial charge is 0.342 e. The van der Waals surface area contributed by atoms with Gasteiger partial charge in [-0.05, 0) is 24.3 Å². The molecule has 1 saturated heterocycles. The van der Waals surface area contributed by atoms with Crippen LogP contribution in [0.4, 0.5) is 4.39 Å². The van der Waals surface area contributed by atoms with Crippen molar-refractivity contribution in [3.8, 4) is 0 Å². The van der Waals surface area contributed by atoms with Crippen LogP contribution in [0.25, 0.3) is 11.0 Å². The highest BCUT2D eigenvalue weighted by Gasteiger charge is 2.39. The van der Waals surface area contributed by atoms with Crippen LogP contribution in [0.5, 0.6) is 0 Å². The number of nitrogens with one attached hydrogen (secondary N) is 1. The molecule has 5 nitrogen and oxygen atoms in total. The molecule has 1 aliphatic heterocycles. The van der Waals surface area contributed by atoms with Crippen molar-refractivity contribution in [2.75, 3.05) is 13.1 Å². The minimum atomic E-state index is -3.79. The van der Waals surface area contributed by atoms with Crippen LogP contribution in [0.2, 0.25) is 0 Å². The van der Waals surface area contributed by atoms with Crippen molar-refractivity contribution in [1.82, 2.24) is 14.3 Å². The molecule has 0 spiro atoms. The van der Waals surface area contributed by atoms with Gasteiger partial charge in [-0.25, -0.2) is 17.8 Å². The molecule has 0 aliphatic carbocycles. The fourth-order valence-electron chi connectivity index (χ4n) is 2.77. The first-order chi connectivity index (χ1) is 11.1. The molecule has 0 bridgehead atoms. The van der Waals surface area contributed by atoms with Crippen molar-refractivity contribution in [3.63, 3.8) is 0 Å². The Bertz CT molecular complexity index is 945. The SMILES string of the molecule is O=S(=O)(c1ccccc1F)N1CC(c2nc3ccccc3[nH]2)C1. The summed E-state index contributed by atoms with van der Waals surface area (Å²) < 4.78 is 39.9. The van der Waals surface area contributed by atoms with Gasteiger partial charge in [-0.2, -0.15) is 4.31 Å². The molecular weight excluding hydrogens is 317 g/mol. The number of aromatic amines is 1. The summed E-state index contributed by atoms with van der Waals surface area (Å²) in [5.41, 5.74) is 1.79. The Morgan fingerprint density at radius 1 is 1.09 bits per heavy atom. The van der Waals surface area contributed by atoms with Gasteiger partial charge >= 0.3 is 0 Å². The number of benzene rings is 2. The third-order valence-corrected chi connectivity index (χ3v) is 5.96. The minimum absolute atomic E-state index is 0.00366. The van der Waals surface area contributed by atoms with E-state index in [2.05, 4.69) is 9.97 Å². The van der Waals surface area contributed by atoms with Gasteiger partial charge in [0.1, 0.15) is 16.5 Å². The number of aromatic nitrogens is 2. The monoisotopic (exact) mass is 331 g/mol. The van der Waals surface area contributed by atoms with Crippen LogP contribution in [0.15, 0.2) is 53.4 Å². The molecule has 1 aliphatic rings. The van der Waals surface area contributed by atoms with Crippen LogP contribution < -0.4 is 0 Å². The molecule has 1 N–H and O–H groups in total. The van der Waals surface area contributed by atoms with Gasteiger partial charge in [0.05, 0.1) is 11.0 Å². The van der Waals surface area contributed by atoms with Gasteiger partial charge in [0.2, 0.25) is 10.0 Å². The smallest absolute Gasteiger partial charge is 0.246 e. The van der Waals surface area contributed by atoms with Crippen LogP contribution in [0.1, 0.15) is 11.7 Å². The molecule has 4 rings (SSSR count). The summed E-state index contributed by atoms with van der Waals surface area (Å²) in [5.74, 6) is 0.0508. The lowest BCUT2D eigenvalue weighted by Crippen LogP contribution is -2.48. The summed E-state index contributed by atoms with van der Waals surface area (Å²) in [5, 5.41) is 0. The first-order valence-electron chi connectivity index (χ1n) is 7.25. The molecule has 2 aromatic carbocycles. The number of hydrogen-bond donors (Lipinski definition) is 1. The first kappa shape index (κ1) is 14.3. The second kappa shape index (κ2) is 5.14. The summed E-state index contributed by atoms with van der Waals surface area (Å²) in [4.78, 5) is 7.43. The Morgan fingerprint density at radius 2 is 1.78 bits per heavy atom. The van der Waals surface area contributed by atoms with Gasteiger partial charge in [0.25, 0.3) is 0 Å². The van der Waals surface area contributed by atoms with Crippen LogP contribution in [-0.4, -0.2) is 35.8 Å². The average molecular weight is 331 g/mol. The Labute approximate surface area is 132 Å². The number of fused-ring (bicyclic) bond motifs is 1. The summed E-state index contributed by atoms with van der Waals surface area (Å²) in [7, 11) is -3.79. The fourth-order valence-corrected chi connectivity index (χ4v) is 4.36. The second-order valence-electron chi connectivity index (χ2n) is 5.59. The molecule has 0 amide bonds. The van der Waals surface area contributed by atoms with E-state index in [-0.39, 0.29) is 10.8 Å². The highest BCUT2D eigenvalue weighted by atomic mass is 32.2. The van der Waals surface area contributed by atoms with E-state index < -0.39 is 15.8 Å². The van der Waals surface area contributed by atoms with Crippen molar-refractivity contribution >= 4 is 21.1 Å². The van der Waals surface area contributed by atoms with Gasteiger partial charge in [-0.3, -0.25) is 0 Å². The highest BCUT2D eigenvalue weighted by Crippen LogP contribution is 2.32. The Hall–Kier alpha value is -2.25. The zero-order valence-electron chi connectivity index (χ0n) is 12.1. The van der Waals surface area contributed by atoms with Gasteiger partial charge in [0, 0.05) is 19.0 Å². The number of halogens is 1. The van der Waals surface area contributed by atoms with E-state index in [4.69, 9.17) is 0 Å². The summed E-state index contributed by atoms with van der Waals surface area (Å²) in [6, 6.07) is 13.1. The van der Waals surface area contributed by atoms with Crippen molar-refractivity contribution < 1.29 is 12.8 Å². The topological polar surface area (TPSA) is 66.1 Å². The zero-order valence-corrected chi connectivity index (χ0v) is 12.9. The molecule has 0 unspecified atom stereocenters. The molecular formula is C16H14FN3O2S. The lowest BCUT2D eigenvalue weighted by molar-refractivity contribution is 0.256. The maximum absolute atomic E-state index is 13.7. The molecule has 0 saturated carbocycles. The maximum atomic E-state index is 13.7. The van der Waals surface area contributed by atoms with E-state index in [1.807, 2.05) is 24.3 Å². The van der Waals surface area contributed by atoms with Gasteiger partial charge in [-0.15, -0.1) is 0 Å². The third kappa shape index (κ3) is 2.32. The molecule has 0 radical (unpaired) electrons. The van der Waals surface area contributed by atoms with Crippen LogP contribution in [-0.2, 0) is 10.0 Å². The lowest BCUT2D eigenvalue weighted by Gasteiger charge is -2.36. The number of sulfonamides is 1. The highest BCUT2D eigenvalue weighted by molar-refractivity contribution is 7.89. The fraction of sp³-hybridized carbons (Fsp3) is 0.188. The molecule has 118 valence electrons. The maximum Gasteiger partial charge on any atom is 0.246 e. The predicted molar refractivity (Wildman–Crippen MR) is 84.0 cm³/mol. The second-order valence-corrected chi connectivity index (χ2v) is 7.49. The summed E-state index contributed by atoms with van der Waals surface area (Å²) in [6.45, 7) is 0.604. The van der Waals surface area contributed by atoms with E-state index in [1.165, 1.54) is 22.5 Å². The van der Waals surface area contributed by atoms with Crippen molar-refractivity contribution in [1.29, 1.82) is 0 Å². The molecule has 7 heteroatoms. The Kier molecular flexibility index (Phi) is 3.21. The van der Waals surface area contributed by atoms with Crippen molar-refractivity contribution in [2.24, 2.45) is 0 Å². The first-order valence-corrected chi connectivity index (χ1v) is 8.69. The quantitative estimate of drug-likeness (QED) is 0.802. The van der Waals surface area contributed by atoms with Crippen LogP contribution in [0, 0.1) is 5.82 Å². The van der Waals surface area contributed by atoms with Crippen molar-refractivity contribution in [2.45, 2.75) is 10.8 Å². The standard InChI is InChI=1S/C16H14FN3O2S/c17-12-5-1-4-8-15(12)23(21,22)20-9-11(10-20)16-18-13-6-2-3-7-14(13)19-16/h1-8,11H,9-10H2,(H,18,19). The lowest BCUT2D eigenvalue weighted by atomic mass is 10.0. The number of rotatable bonds is 3. The summed E-state index contributed by atoms with van der Waals surface area (Å²) >= 11 is 0. The van der Waals surface area contributed by atoms with E-state index in [0.717, 1.165) is 22.9 Å². The normalized spacial score (nSPS) is 16.6. The molecule has 23 heavy (non-hydrogen) atoms. The number of para-hydroxylation sites is 2. The zero-order chi connectivity index (χ0) is 16.0. The predicted octanol–water partition coefficient (Wildman–Crippen LogP) is 2.49. The minimum Gasteiger partial charge on any atom is -0.342 e. The van der Waals surface area contributed by atoms with Gasteiger partial charge < -0.3 is 4.98 Å². The number of hydrogen-bond acceptors (Lipinski definition) is 3. The average Bonchev–Trinajstić information content (AvgIpc) is 2.88. The van der Waals surface area contributed by atoms with Crippen molar-refractivity contribution in [3.05, 3.63) is 60.2 Å². The molecule has 1 fully saturated rings. The number of imidazole rings is 1. The number of nitrogens with zero attached hydrogens (tertiary/aromatic N) is 2. The van der Waals surface area contributed by atoms with E-state index in [0.29, 0.717) is 13.1 Å². The van der Waals surface area contributed by atoms with E-state index in [9.17, 15) is 12.8 Å². The molecule has 2 heterocycles. The van der Waals surface area contributed by atoms with Crippen LogP contribution in [0.3, 0.4) is 0 Å². The Morgan fingerprint density at radius 3 is 2.52 bits per heavy atom. The third-order valence-electron chi connectivity index (χ3n) is 4.10.